The molecule has 2 nitrogen and oxygen atoms in total. The fraction of sp³-hybridized carbons (Fsp3) is 0.667. The Morgan fingerprint density at radius 2 is 1.57 bits per heavy atom. The number of hydrogen-bond donors (Lipinski definition) is 2. The van der Waals surface area contributed by atoms with E-state index in [2.05, 4.69) is 12.2 Å². The molecule has 0 spiro atoms. The summed E-state index contributed by atoms with van der Waals surface area (Å²) in [5.41, 5.74) is 0. The molecular formula is C12H22O2. The second-order valence-electron chi connectivity index (χ2n) is 3.34. The van der Waals surface area contributed by atoms with Gasteiger partial charge in [-0.05, 0) is 32.1 Å². The van der Waals surface area contributed by atoms with E-state index in [1.54, 1.807) is 6.08 Å². The molecule has 0 saturated carbocycles. The van der Waals surface area contributed by atoms with Crippen molar-refractivity contribution in [3.8, 4) is 0 Å². The molecule has 1 unspecified atom stereocenters. The molecule has 2 N–H and O–H groups in total. The molecule has 14 heavy (non-hydrogen) atoms. The average Bonchev–Trinajstić information content (AvgIpc) is 2.21. The zero-order valence-corrected chi connectivity index (χ0v) is 9.02. The molecule has 1 atom stereocenters. The monoisotopic (exact) mass is 198 g/mol. The lowest BCUT2D eigenvalue weighted by molar-refractivity contribution is 0.161. The molecule has 0 aromatic carbocycles. The van der Waals surface area contributed by atoms with Gasteiger partial charge in [-0.2, -0.15) is 0 Å². The number of aliphatic hydroxyl groups is 2. The number of allylic oxidation sites excluding steroid dienone is 3. The first-order valence-electron chi connectivity index (χ1n) is 5.40. The van der Waals surface area contributed by atoms with Gasteiger partial charge in [0.1, 0.15) is 0 Å². The summed E-state index contributed by atoms with van der Waals surface area (Å²) in [4.78, 5) is 0. The van der Waals surface area contributed by atoms with Crippen LogP contribution >= 0.6 is 0 Å². The summed E-state index contributed by atoms with van der Waals surface area (Å²) in [7, 11) is 0. The molecule has 0 aromatic heterocycles. The van der Waals surface area contributed by atoms with Crippen LogP contribution in [0.15, 0.2) is 24.3 Å². The van der Waals surface area contributed by atoms with Gasteiger partial charge in [0.25, 0.3) is 0 Å². The standard InChI is InChI=1S/C12H22O2/c1-2-12(14)10-8-6-4-3-5-7-9-11-13/h4,6-7,9,12-14H,2-3,5,8,10-11H2,1H3/b6-4+,9-7+. The molecule has 0 aliphatic carbocycles. The van der Waals surface area contributed by atoms with E-state index in [-0.39, 0.29) is 12.7 Å². The number of unbranched alkanes of at least 4 members (excludes halogenated alkanes) is 1. The Morgan fingerprint density at radius 1 is 1.00 bits per heavy atom. The van der Waals surface area contributed by atoms with Crippen molar-refractivity contribution in [3.63, 3.8) is 0 Å². The van der Waals surface area contributed by atoms with Crippen LogP contribution in [0.25, 0.3) is 0 Å². The highest BCUT2D eigenvalue weighted by molar-refractivity contribution is 4.88. The van der Waals surface area contributed by atoms with Gasteiger partial charge in [-0.15, -0.1) is 0 Å². The van der Waals surface area contributed by atoms with Crippen molar-refractivity contribution >= 4 is 0 Å². The van der Waals surface area contributed by atoms with E-state index in [1.165, 1.54) is 0 Å². The average molecular weight is 198 g/mol. The molecule has 0 aromatic rings. The molecule has 0 radical (unpaired) electrons. The lowest BCUT2D eigenvalue weighted by Gasteiger charge is -2.03. The molecule has 0 rings (SSSR count). The molecule has 2 heteroatoms. The Bertz CT molecular complexity index is 162. The molecule has 82 valence electrons. The topological polar surface area (TPSA) is 40.5 Å². The van der Waals surface area contributed by atoms with E-state index in [0.29, 0.717) is 0 Å². The SMILES string of the molecule is CCC(O)CC/C=C/CC/C=C/CO. The molecular weight excluding hydrogens is 176 g/mol. The third-order valence-corrected chi connectivity index (χ3v) is 2.08. The van der Waals surface area contributed by atoms with E-state index in [1.807, 2.05) is 13.0 Å². The molecule has 0 aliphatic heterocycles. The van der Waals surface area contributed by atoms with E-state index >= 15 is 0 Å². The Kier molecular flexibility index (Phi) is 10.0. The van der Waals surface area contributed by atoms with Crippen LogP contribution in [-0.2, 0) is 0 Å². The minimum atomic E-state index is -0.145. The maximum atomic E-state index is 9.26. The van der Waals surface area contributed by atoms with Gasteiger partial charge in [0.15, 0.2) is 0 Å². The first kappa shape index (κ1) is 13.4. The fourth-order valence-electron chi connectivity index (χ4n) is 1.11. The largest absolute Gasteiger partial charge is 0.393 e. The summed E-state index contributed by atoms with van der Waals surface area (Å²) in [5, 5.41) is 17.7. The van der Waals surface area contributed by atoms with Crippen LogP contribution in [-0.4, -0.2) is 22.9 Å². The third-order valence-electron chi connectivity index (χ3n) is 2.08. The van der Waals surface area contributed by atoms with Crippen molar-refractivity contribution < 1.29 is 10.2 Å². The predicted octanol–water partition coefficient (Wildman–Crippen LogP) is 2.42. The quantitative estimate of drug-likeness (QED) is 0.464. The zero-order chi connectivity index (χ0) is 10.6. The van der Waals surface area contributed by atoms with Crippen molar-refractivity contribution in [2.45, 2.75) is 45.1 Å². The summed E-state index contributed by atoms with van der Waals surface area (Å²) in [6, 6.07) is 0. The first-order valence-corrected chi connectivity index (χ1v) is 5.40. The maximum Gasteiger partial charge on any atom is 0.0612 e. The van der Waals surface area contributed by atoms with E-state index in [9.17, 15) is 5.11 Å². The van der Waals surface area contributed by atoms with Crippen molar-refractivity contribution in [3.05, 3.63) is 24.3 Å². The Labute approximate surface area is 87.0 Å². The van der Waals surface area contributed by atoms with Gasteiger partial charge in [0, 0.05) is 0 Å². The second-order valence-corrected chi connectivity index (χ2v) is 3.34. The van der Waals surface area contributed by atoms with E-state index in [0.717, 1.165) is 32.1 Å². The number of hydrogen-bond acceptors (Lipinski definition) is 2. The molecule has 0 heterocycles. The normalized spacial score (nSPS) is 14.2. The van der Waals surface area contributed by atoms with Crippen LogP contribution in [0.5, 0.6) is 0 Å². The van der Waals surface area contributed by atoms with E-state index in [4.69, 9.17) is 5.11 Å². The Morgan fingerprint density at radius 3 is 2.14 bits per heavy atom. The van der Waals surface area contributed by atoms with Crippen molar-refractivity contribution in [2.75, 3.05) is 6.61 Å². The fourth-order valence-corrected chi connectivity index (χ4v) is 1.11. The van der Waals surface area contributed by atoms with E-state index < -0.39 is 0 Å². The van der Waals surface area contributed by atoms with Gasteiger partial charge in [-0.25, -0.2) is 0 Å². The van der Waals surface area contributed by atoms with Gasteiger partial charge in [-0.3, -0.25) is 0 Å². The van der Waals surface area contributed by atoms with Gasteiger partial charge < -0.3 is 10.2 Å². The van der Waals surface area contributed by atoms with Gasteiger partial charge in [0.2, 0.25) is 0 Å². The van der Waals surface area contributed by atoms with Crippen molar-refractivity contribution in [2.24, 2.45) is 0 Å². The summed E-state index contributed by atoms with van der Waals surface area (Å²) < 4.78 is 0. The Balaban J connectivity index is 3.23. The van der Waals surface area contributed by atoms with Crippen LogP contribution in [0, 0.1) is 0 Å². The summed E-state index contributed by atoms with van der Waals surface area (Å²) in [6.45, 7) is 2.13. The first-order chi connectivity index (χ1) is 6.81. The van der Waals surface area contributed by atoms with Crippen LogP contribution in [0.1, 0.15) is 39.0 Å². The summed E-state index contributed by atoms with van der Waals surface area (Å²) >= 11 is 0. The Hall–Kier alpha value is -0.600. The number of aliphatic hydroxyl groups excluding tert-OH is 2. The lowest BCUT2D eigenvalue weighted by Crippen LogP contribution is -2.02. The number of rotatable bonds is 8. The van der Waals surface area contributed by atoms with Crippen molar-refractivity contribution in [1.29, 1.82) is 0 Å². The second kappa shape index (κ2) is 10.5. The lowest BCUT2D eigenvalue weighted by atomic mass is 10.1. The molecule has 0 bridgehead atoms. The van der Waals surface area contributed by atoms with Gasteiger partial charge in [-0.1, -0.05) is 31.2 Å². The van der Waals surface area contributed by atoms with Crippen LogP contribution < -0.4 is 0 Å². The summed E-state index contributed by atoms with van der Waals surface area (Å²) in [5.74, 6) is 0. The van der Waals surface area contributed by atoms with Crippen molar-refractivity contribution in [1.82, 2.24) is 0 Å². The highest BCUT2D eigenvalue weighted by Gasteiger charge is 1.96. The minimum absolute atomic E-state index is 0.131. The molecule has 0 amide bonds. The highest BCUT2D eigenvalue weighted by atomic mass is 16.3. The molecule has 0 saturated heterocycles. The third kappa shape index (κ3) is 9.49. The molecule has 0 fully saturated rings. The van der Waals surface area contributed by atoms with Crippen LogP contribution in [0.2, 0.25) is 0 Å². The predicted molar refractivity (Wildman–Crippen MR) is 60.1 cm³/mol. The van der Waals surface area contributed by atoms with Gasteiger partial charge >= 0.3 is 0 Å². The maximum absolute atomic E-state index is 9.26. The minimum Gasteiger partial charge on any atom is -0.393 e. The summed E-state index contributed by atoms with van der Waals surface area (Å²) in [6.07, 6.45) is 12.5. The van der Waals surface area contributed by atoms with Crippen LogP contribution in [0.4, 0.5) is 0 Å². The van der Waals surface area contributed by atoms with Gasteiger partial charge in [0.05, 0.1) is 12.7 Å². The molecule has 0 aliphatic rings. The smallest absolute Gasteiger partial charge is 0.0612 e. The van der Waals surface area contributed by atoms with Crippen LogP contribution in [0.3, 0.4) is 0 Å². The highest BCUT2D eigenvalue weighted by Crippen LogP contribution is 2.02. The zero-order valence-electron chi connectivity index (χ0n) is 9.02.